The second-order valence-corrected chi connectivity index (χ2v) is 6.29. The fraction of sp³-hybridized carbons (Fsp3) is 0.643. The Hall–Kier alpha value is -0.620. The minimum absolute atomic E-state index is 0. The smallest absolute Gasteiger partial charge is 0.224 e. The quantitative estimate of drug-likeness (QED) is 0.904. The van der Waals surface area contributed by atoms with E-state index in [0.29, 0.717) is 19.1 Å². The number of ether oxygens (including phenoxy) is 1. The van der Waals surface area contributed by atoms with Crippen LogP contribution in [0.25, 0.3) is 0 Å². The van der Waals surface area contributed by atoms with Gasteiger partial charge in [0.15, 0.2) is 0 Å². The summed E-state index contributed by atoms with van der Waals surface area (Å²) in [4.78, 5) is 15.8. The highest BCUT2D eigenvalue weighted by atomic mass is 35.5. The number of hydrogen-bond donors (Lipinski definition) is 1. The third-order valence-corrected chi connectivity index (χ3v) is 4.49. The molecule has 3 rings (SSSR count). The first-order valence-corrected chi connectivity index (χ1v) is 7.84. The molecule has 0 spiro atoms. The number of rotatable bonds is 5. The molecule has 112 valence electrons. The normalized spacial score (nSPS) is 22.1. The number of amides is 1. The van der Waals surface area contributed by atoms with E-state index < -0.39 is 0 Å². The molecule has 1 saturated carbocycles. The van der Waals surface area contributed by atoms with Crippen molar-refractivity contribution in [1.82, 2.24) is 10.2 Å². The number of thiophene rings is 1. The zero-order valence-electron chi connectivity index (χ0n) is 11.4. The number of carbonyl (C=O) groups is 1. The van der Waals surface area contributed by atoms with E-state index >= 15 is 0 Å². The number of nitrogens with zero attached hydrogens (tertiary/aromatic N) is 1. The number of morpholine rings is 1. The fourth-order valence-electron chi connectivity index (χ4n) is 2.46. The first-order chi connectivity index (χ1) is 9.33. The molecule has 1 amide bonds. The molecule has 2 heterocycles. The van der Waals surface area contributed by atoms with Gasteiger partial charge in [0.05, 0.1) is 19.8 Å². The summed E-state index contributed by atoms with van der Waals surface area (Å²) in [6, 6.07) is 4.81. The van der Waals surface area contributed by atoms with E-state index in [0.717, 1.165) is 32.5 Å². The van der Waals surface area contributed by atoms with Crippen LogP contribution in [0.2, 0.25) is 0 Å². The van der Waals surface area contributed by atoms with Gasteiger partial charge in [0.2, 0.25) is 5.91 Å². The lowest BCUT2D eigenvalue weighted by Crippen LogP contribution is -2.45. The van der Waals surface area contributed by atoms with Crippen LogP contribution in [0.1, 0.15) is 24.1 Å². The topological polar surface area (TPSA) is 41.6 Å². The van der Waals surface area contributed by atoms with Crippen LogP contribution >= 0.6 is 23.7 Å². The van der Waals surface area contributed by atoms with Gasteiger partial charge in [0, 0.05) is 29.9 Å². The molecule has 6 heteroatoms. The summed E-state index contributed by atoms with van der Waals surface area (Å²) in [7, 11) is 0. The van der Waals surface area contributed by atoms with Crippen LogP contribution in [-0.4, -0.2) is 42.6 Å². The Morgan fingerprint density at radius 3 is 2.95 bits per heavy atom. The molecule has 1 N–H and O–H groups in total. The first-order valence-electron chi connectivity index (χ1n) is 6.96. The second kappa shape index (κ2) is 7.41. The summed E-state index contributed by atoms with van der Waals surface area (Å²) in [5.41, 5.74) is 0. The van der Waals surface area contributed by atoms with E-state index in [1.807, 2.05) is 6.07 Å². The van der Waals surface area contributed by atoms with Crippen LogP contribution in [-0.2, 0) is 16.1 Å². The Morgan fingerprint density at radius 2 is 2.35 bits per heavy atom. The number of carbonyl (C=O) groups excluding carboxylic acids is 1. The Morgan fingerprint density at radius 1 is 1.50 bits per heavy atom. The molecule has 1 unspecified atom stereocenters. The lowest BCUT2D eigenvalue weighted by molar-refractivity contribution is -0.133. The molecule has 20 heavy (non-hydrogen) atoms. The van der Waals surface area contributed by atoms with E-state index in [9.17, 15) is 4.79 Å². The SMILES string of the molecule is Cl.O=C(CC1COCCN1)N(Cc1cccs1)C1CC1. The van der Waals surface area contributed by atoms with Crippen LogP contribution in [0.5, 0.6) is 0 Å². The molecule has 1 aliphatic carbocycles. The highest BCUT2D eigenvalue weighted by Crippen LogP contribution is 2.30. The van der Waals surface area contributed by atoms with Crippen molar-refractivity contribution in [3.63, 3.8) is 0 Å². The average Bonchev–Trinajstić information content (AvgIpc) is 3.14. The van der Waals surface area contributed by atoms with Crippen molar-refractivity contribution >= 4 is 29.7 Å². The van der Waals surface area contributed by atoms with Crippen LogP contribution in [0.4, 0.5) is 0 Å². The second-order valence-electron chi connectivity index (χ2n) is 5.26. The maximum Gasteiger partial charge on any atom is 0.224 e. The average molecular weight is 317 g/mol. The Labute approximate surface area is 129 Å². The lowest BCUT2D eigenvalue weighted by atomic mass is 10.1. The third kappa shape index (κ3) is 4.19. The Bertz CT molecular complexity index is 417. The fourth-order valence-corrected chi connectivity index (χ4v) is 3.16. The van der Waals surface area contributed by atoms with Gasteiger partial charge < -0.3 is 15.0 Å². The van der Waals surface area contributed by atoms with Crippen molar-refractivity contribution in [2.75, 3.05) is 19.8 Å². The predicted molar refractivity (Wildman–Crippen MR) is 82.4 cm³/mol. The summed E-state index contributed by atoms with van der Waals surface area (Å²) in [5.74, 6) is 0.263. The van der Waals surface area contributed by atoms with Crippen LogP contribution < -0.4 is 5.32 Å². The molecule has 1 saturated heterocycles. The van der Waals surface area contributed by atoms with Gasteiger partial charge >= 0.3 is 0 Å². The van der Waals surface area contributed by atoms with Gasteiger partial charge in [0.25, 0.3) is 0 Å². The largest absolute Gasteiger partial charge is 0.378 e. The van der Waals surface area contributed by atoms with Crippen LogP contribution in [0, 0.1) is 0 Å². The minimum atomic E-state index is 0. The van der Waals surface area contributed by atoms with Crippen molar-refractivity contribution in [1.29, 1.82) is 0 Å². The van der Waals surface area contributed by atoms with Crippen molar-refractivity contribution in [3.05, 3.63) is 22.4 Å². The van der Waals surface area contributed by atoms with Crippen LogP contribution in [0.3, 0.4) is 0 Å². The lowest BCUT2D eigenvalue weighted by Gasteiger charge is -2.27. The van der Waals surface area contributed by atoms with Gasteiger partial charge in [-0.1, -0.05) is 6.07 Å². The van der Waals surface area contributed by atoms with Crippen molar-refractivity contribution in [2.24, 2.45) is 0 Å². The Kier molecular flexibility index (Phi) is 5.84. The minimum Gasteiger partial charge on any atom is -0.378 e. The summed E-state index contributed by atoms with van der Waals surface area (Å²) in [6.07, 6.45) is 2.87. The van der Waals surface area contributed by atoms with Crippen molar-refractivity contribution in [2.45, 2.75) is 37.9 Å². The number of nitrogens with one attached hydrogen (secondary N) is 1. The van der Waals surface area contributed by atoms with Crippen molar-refractivity contribution < 1.29 is 9.53 Å². The molecule has 1 aromatic rings. The molecule has 0 radical (unpaired) electrons. The third-order valence-electron chi connectivity index (χ3n) is 3.63. The predicted octanol–water partition coefficient (Wildman–Crippen LogP) is 2.04. The molecule has 1 aromatic heterocycles. The number of halogens is 1. The van der Waals surface area contributed by atoms with Gasteiger partial charge in [-0.2, -0.15) is 0 Å². The highest BCUT2D eigenvalue weighted by Gasteiger charge is 2.33. The molecule has 2 aliphatic rings. The number of hydrogen-bond acceptors (Lipinski definition) is 4. The maximum absolute atomic E-state index is 12.5. The molecule has 1 atom stereocenters. The molecule has 0 bridgehead atoms. The van der Waals surface area contributed by atoms with Gasteiger partial charge in [-0.3, -0.25) is 4.79 Å². The Balaban J connectivity index is 0.00000147. The molecular weight excluding hydrogens is 296 g/mol. The van der Waals surface area contributed by atoms with Crippen LogP contribution in [0.15, 0.2) is 17.5 Å². The first kappa shape index (κ1) is 15.8. The van der Waals surface area contributed by atoms with Gasteiger partial charge in [0.1, 0.15) is 0 Å². The summed E-state index contributed by atoms with van der Waals surface area (Å²) < 4.78 is 5.41. The monoisotopic (exact) mass is 316 g/mol. The molecular formula is C14H21ClN2O2S. The summed E-state index contributed by atoms with van der Waals surface area (Å²) >= 11 is 1.73. The van der Waals surface area contributed by atoms with E-state index in [-0.39, 0.29) is 24.4 Å². The molecule has 0 aromatic carbocycles. The van der Waals surface area contributed by atoms with E-state index in [4.69, 9.17) is 4.74 Å². The van der Waals surface area contributed by atoms with E-state index in [1.54, 1.807) is 11.3 Å². The standard InChI is InChI=1S/C14H20N2O2S.ClH/c17-14(8-11-10-18-6-5-15-11)16(12-3-4-12)9-13-2-1-7-19-13;/h1-2,7,11-12,15H,3-6,8-10H2;1H. The van der Waals surface area contributed by atoms with Gasteiger partial charge in [-0.25, -0.2) is 0 Å². The van der Waals surface area contributed by atoms with E-state index in [2.05, 4.69) is 21.7 Å². The summed E-state index contributed by atoms with van der Waals surface area (Å²) in [6.45, 7) is 3.04. The molecule has 1 aliphatic heterocycles. The van der Waals surface area contributed by atoms with Crippen molar-refractivity contribution in [3.8, 4) is 0 Å². The van der Waals surface area contributed by atoms with Gasteiger partial charge in [-0.15, -0.1) is 23.7 Å². The van der Waals surface area contributed by atoms with Gasteiger partial charge in [-0.05, 0) is 24.3 Å². The highest BCUT2D eigenvalue weighted by molar-refractivity contribution is 7.09. The molecule has 2 fully saturated rings. The van der Waals surface area contributed by atoms with E-state index in [1.165, 1.54) is 4.88 Å². The summed E-state index contributed by atoms with van der Waals surface area (Å²) in [5, 5.41) is 5.42. The molecule has 4 nitrogen and oxygen atoms in total. The maximum atomic E-state index is 12.5. The zero-order valence-corrected chi connectivity index (χ0v) is 13.0. The zero-order chi connectivity index (χ0) is 13.1.